The highest BCUT2D eigenvalue weighted by Crippen LogP contribution is 2.52. The molecule has 0 fully saturated rings. The van der Waals surface area contributed by atoms with Gasteiger partial charge in [-0.05, 0) is 105 Å². The second-order valence-corrected chi connectivity index (χ2v) is 19.8. The molecule has 3 aliphatic rings. The van der Waals surface area contributed by atoms with Gasteiger partial charge >= 0.3 is 18.8 Å². The minimum atomic E-state index is -4.74. The number of alkyl halides is 3. The van der Waals surface area contributed by atoms with Gasteiger partial charge in [-0.25, -0.2) is 5.48 Å². The predicted octanol–water partition coefficient (Wildman–Crippen LogP) is 6.92. The lowest BCUT2D eigenvalue weighted by Crippen LogP contribution is -2.50. The van der Waals surface area contributed by atoms with E-state index in [0.29, 0.717) is 88.5 Å². The number of allylic oxidation sites excluding steroid dienone is 2. The van der Waals surface area contributed by atoms with Crippen molar-refractivity contribution >= 4 is 54.2 Å². The van der Waals surface area contributed by atoms with E-state index in [1.54, 1.807) is 86.7 Å². The van der Waals surface area contributed by atoms with Gasteiger partial charge in [-0.1, -0.05) is 61.0 Å². The number of carbonyl (C=O) groups is 6. The zero-order chi connectivity index (χ0) is 57.1. The monoisotopic (exact) mass is 1100 g/mol. The molecule has 0 spiro atoms. The van der Waals surface area contributed by atoms with Crippen molar-refractivity contribution in [3.63, 3.8) is 0 Å². The Bertz CT molecular complexity index is 3030. The number of carbonyl (C=O) groups excluding carboxylic acids is 6. The molecule has 420 valence electrons. The standard InChI is InChI=1S/C55H64BF5N10O8/c1-34-43(35(2)70-47(34)33-41-22-26-46(71(41)56(70,60)61)38-18-23-42(79-3)24-19-38)25-27-48(72)63-28-11-9-14-44(51(62)75)65-49(73)15-8-5-10-29-64-53(77)45(31-36-12-6-4-7-13-36)66-52(76)39(32-50(74)67-78)30-37-16-20-40(21-17-37)54(68-69-54)55(57,58)59/h4,6-7,12-13,16-24,26,33,39,44-45,78H,5,8-11,14-15,25,27-32H2,1-3H3,(H2,62,75)(H,63,72)(H,64,77)(H,65,73)(H,66,76)(H,67,74)/t39-,44+,45+/m1/s1. The fourth-order valence-corrected chi connectivity index (χ4v) is 10.0. The largest absolute Gasteiger partial charge is 0.737 e. The molecule has 3 aliphatic heterocycles. The summed E-state index contributed by atoms with van der Waals surface area (Å²) in [5.74, 6) is -4.04. The predicted molar refractivity (Wildman–Crippen MR) is 283 cm³/mol. The maximum atomic E-state index is 16.5. The van der Waals surface area contributed by atoms with Gasteiger partial charge in [-0.2, -0.15) is 13.2 Å². The number of nitrogens with two attached hydrogens (primary N) is 1. The molecule has 0 saturated heterocycles. The number of primary amides is 1. The Morgan fingerprint density at radius 1 is 0.759 bits per heavy atom. The summed E-state index contributed by atoms with van der Waals surface area (Å²) in [4.78, 5) is 77.6. The van der Waals surface area contributed by atoms with Crippen LogP contribution in [0.1, 0.15) is 100 Å². The van der Waals surface area contributed by atoms with Gasteiger partial charge in [0.25, 0.3) is 0 Å². The number of amides is 6. The molecule has 6 amide bonds. The van der Waals surface area contributed by atoms with Crippen molar-refractivity contribution < 1.29 is 65.0 Å². The number of ether oxygens (including phenoxy) is 1. The molecule has 0 aliphatic carbocycles. The average molecular weight is 1100 g/mol. The lowest BCUT2D eigenvalue weighted by molar-refractivity contribution is -0.362. The van der Waals surface area contributed by atoms with Crippen LogP contribution in [0.4, 0.5) is 21.8 Å². The molecule has 18 nitrogen and oxygen atoms in total. The van der Waals surface area contributed by atoms with E-state index in [4.69, 9.17) is 10.5 Å². The Morgan fingerprint density at radius 3 is 2.08 bits per heavy atom. The normalized spacial score (nSPS) is 15.9. The van der Waals surface area contributed by atoms with Crippen LogP contribution in [0.3, 0.4) is 0 Å². The van der Waals surface area contributed by atoms with Gasteiger partial charge in [0.1, 0.15) is 23.5 Å². The Labute approximate surface area is 453 Å². The van der Waals surface area contributed by atoms with Crippen molar-refractivity contribution in [1.29, 1.82) is 0 Å². The second-order valence-electron chi connectivity index (χ2n) is 19.8. The van der Waals surface area contributed by atoms with Crippen LogP contribution >= 0.6 is 0 Å². The van der Waals surface area contributed by atoms with Gasteiger partial charge in [0.05, 0.1) is 13.0 Å². The number of nitrogens with zero attached hydrogens (tertiary/aromatic N) is 4. The molecule has 7 rings (SSSR count). The van der Waals surface area contributed by atoms with Crippen LogP contribution in [0.25, 0.3) is 17.3 Å². The number of rotatable bonds is 28. The fraction of sp³-hybridized carbons (Fsp3) is 0.400. The van der Waals surface area contributed by atoms with Crippen molar-refractivity contribution in [1.82, 2.24) is 31.2 Å². The van der Waals surface area contributed by atoms with Crippen LogP contribution in [-0.4, -0.2) is 101 Å². The molecule has 79 heavy (non-hydrogen) atoms. The molecular weight excluding hydrogens is 1030 g/mol. The third kappa shape index (κ3) is 14.2. The molecule has 1 aromatic heterocycles. The van der Waals surface area contributed by atoms with Crippen molar-refractivity contribution in [2.24, 2.45) is 21.9 Å². The second kappa shape index (κ2) is 25.6. The number of hydrogen-bond donors (Lipinski definition) is 7. The highest BCUT2D eigenvalue weighted by molar-refractivity contribution is 6.58. The number of benzene rings is 3. The van der Waals surface area contributed by atoms with Crippen molar-refractivity contribution in [2.75, 3.05) is 20.2 Å². The van der Waals surface area contributed by atoms with Crippen LogP contribution in [0, 0.1) is 5.92 Å². The molecule has 8 N–H and O–H groups in total. The summed E-state index contributed by atoms with van der Waals surface area (Å²) in [5, 5.41) is 26.7. The first-order chi connectivity index (χ1) is 37.7. The third-order valence-electron chi connectivity index (χ3n) is 14.4. The maximum Gasteiger partial charge on any atom is 0.737 e. The quantitative estimate of drug-likeness (QED) is 0.0103. The summed E-state index contributed by atoms with van der Waals surface area (Å²) >= 11 is 0. The van der Waals surface area contributed by atoms with Crippen molar-refractivity contribution in [3.8, 4) is 17.0 Å². The molecule has 3 atom stereocenters. The minimum Gasteiger partial charge on any atom is -0.497 e. The molecule has 0 unspecified atom stereocenters. The maximum absolute atomic E-state index is 16.5. The van der Waals surface area contributed by atoms with Gasteiger partial charge in [0, 0.05) is 79.9 Å². The molecule has 0 radical (unpaired) electrons. The van der Waals surface area contributed by atoms with E-state index in [0.717, 1.165) is 8.96 Å². The number of aromatic nitrogens is 1. The number of hydrogen-bond acceptors (Lipinski definition) is 10. The number of fused-ring (bicyclic) bond motifs is 2. The van der Waals surface area contributed by atoms with Crippen molar-refractivity contribution in [2.45, 2.75) is 115 Å². The molecule has 0 saturated carbocycles. The SMILES string of the molecule is COc1ccc(-c2ccc3n2[B-](F)(F)[N+]2=C(C)C(CCC(=O)NCCCC[C@H](NC(=O)CCCCCNC(=O)[C@H](Cc4ccccc4)NC(=O)[C@@H](CC(=O)NO)Cc4ccc(C5(C(F)(F)F)N=N5)cc4)C(N)=O)=C(C)C2=C3)cc1. The third-order valence-corrected chi connectivity index (χ3v) is 14.4. The molecule has 4 heterocycles. The Balaban J connectivity index is 0.812. The topological polar surface area (TPSA) is 251 Å². The van der Waals surface area contributed by atoms with E-state index in [9.17, 15) is 47.1 Å². The van der Waals surface area contributed by atoms with Crippen LogP contribution in [0.15, 0.2) is 118 Å². The zero-order valence-corrected chi connectivity index (χ0v) is 44.0. The summed E-state index contributed by atoms with van der Waals surface area (Å²) in [6, 6.07) is 22.2. The summed E-state index contributed by atoms with van der Waals surface area (Å²) < 4.78 is 81.0. The summed E-state index contributed by atoms with van der Waals surface area (Å²) in [7, 11) is 1.54. The van der Waals surface area contributed by atoms with Crippen molar-refractivity contribution in [3.05, 3.63) is 130 Å². The van der Waals surface area contributed by atoms with Gasteiger partial charge in [-0.15, -0.1) is 10.2 Å². The van der Waals surface area contributed by atoms with Gasteiger partial charge < -0.3 is 49.3 Å². The molecule has 4 aromatic rings. The highest BCUT2D eigenvalue weighted by Gasteiger charge is 2.65. The van der Waals surface area contributed by atoms with E-state index in [1.165, 1.54) is 36.9 Å². The van der Waals surface area contributed by atoms with Gasteiger partial charge in [0.15, 0.2) is 5.70 Å². The van der Waals surface area contributed by atoms with Crippen LogP contribution in [-0.2, 0) is 47.3 Å². The van der Waals surface area contributed by atoms with Crippen LogP contribution < -0.4 is 37.2 Å². The summed E-state index contributed by atoms with van der Waals surface area (Å²) in [6.07, 6.45) is -0.634. The fourth-order valence-electron chi connectivity index (χ4n) is 10.0. The van der Waals surface area contributed by atoms with Crippen LogP contribution in [0.2, 0.25) is 0 Å². The van der Waals surface area contributed by atoms with Gasteiger partial charge in [-0.3, -0.25) is 34.0 Å². The lowest BCUT2D eigenvalue weighted by Gasteiger charge is -2.31. The smallest absolute Gasteiger partial charge is 0.497 e. The Morgan fingerprint density at radius 2 is 1.43 bits per heavy atom. The zero-order valence-electron chi connectivity index (χ0n) is 44.0. The minimum absolute atomic E-state index is 0.0677. The number of unbranched alkanes of at least 4 members (excludes halogenated alkanes) is 3. The first-order valence-corrected chi connectivity index (χ1v) is 26.1. The number of methoxy groups -OCH3 is 1. The number of hydroxylamine groups is 1. The van der Waals surface area contributed by atoms with E-state index in [-0.39, 0.29) is 63.1 Å². The molecular formula is C55H64BF5N10O8. The Kier molecular flexibility index (Phi) is 19.0. The molecule has 24 heteroatoms. The van der Waals surface area contributed by atoms with E-state index < -0.39 is 72.8 Å². The summed E-state index contributed by atoms with van der Waals surface area (Å²) in [6.45, 7) is -0.370. The van der Waals surface area contributed by atoms with E-state index in [2.05, 4.69) is 31.5 Å². The molecule has 0 bridgehead atoms. The lowest BCUT2D eigenvalue weighted by atomic mass is 9.89. The Hall–Kier alpha value is -8.02. The summed E-state index contributed by atoms with van der Waals surface area (Å²) in [5.41, 5.74) is 8.89. The van der Waals surface area contributed by atoms with E-state index >= 15 is 8.63 Å². The van der Waals surface area contributed by atoms with Crippen LogP contribution in [0.5, 0.6) is 5.75 Å². The highest BCUT2D eigenvalue weighted by atomic mass is 19.4. The average Bonchev–Trinajstić information content (AvgIpc) is 4.32. The molecule has 3 aromatic carbocycles. The van der Waals surface area contributed by atoms with Gasteiger partial charge in [0.2, 0.25) is 35.4 Å². The first kappa shape index (κ1) is 58.7. The van der Waals surface area contributed by atoms with E-state index in [1.807, 2.05) is 0 Å². The number of nitrogens with one attached hydrogen (secondary N) is 5. The number of halogens is 5. The first-order valence-electron chi connectivity index (χ1n) is 26.1.